The predicted octanol–water partition coefficient (Wildman–Crippen LogP) is 2.05. The number of esters is 2. The molecule has 1 aliphatic rings. The molecule has 0 radical (unpaired) electrons. The van der Waals surface area contributed by atoms with Crippen LogP contribution in [0.3, 0.4) is 0 Å². The van der Waals surface area contributed by atoms with Crippen molar-refractivity contribution in [3.8, 4) is 0 Å². The lowest BCUT2D eigenvalue weighted by atomic mass is 9.73. The van der Waals surface area contributed by atoms with E-state index in [2.05, 4.69) is 4.74 Å². The number of nitrogens with zero attached hydrogens (tertiary/aromatic N) is 1. The molecule has 8 nitrogen and oxygen atoms in total. The highest BCUT2D eigenvalue weighted by Gasteiger charge is 2.55. The zero-order valence-corrected chi connectivity index (χ0v) is 14.2. The van der Waals surface area contributed by atoms with Crippen molar-refractivity contribution in [2.75, 3.05) is 13.7 Å². The Kier molecular flexibility index (Phi) is 6.08. The van der Waals surface area contributed by atoms with Crippen LogP contribution in [0.25, 0.3) is 0 Å². The summed E-state index contributed by atoms with van der Waals surface area (Å²) in [6, 6.07) is 8.97. The topological polar surface area (TPSA) is 105 Å². The van der Waals surface area contributed by atoms with E-state index in [4.69, 9.17) is 9.47 Å². The number of nitro groups is 1. The lowest BCUT2D eigenvalue weighted by Gasteiger charge is -2.39. The van der Waals surface area contributed by atoms with Crippen LogP contribution in [0.15, 0.2) is 30.3 Å². The highest BCUT2D eigenvalue weighted by atomic mass is 16.7. The van der Waals surface area contributed by atoms with Crippen molar-refractivity contribution in [2.45, 2.75) is 43.9 Å². The zero-order chi connectivity index (χ0) is 18.4. The molecule has 0 N–H and O–H groups in total. The first-order valence-electron chi connectivity index (χ1n) is 7.94. The minimum Gasteiger partial charge on any atom is -0.469 e. The summed E-state index contributed by atoms with van der Waals surface area (Å²) in [6.45, 7) is 1.00. The summed E-state index contributed by atoms with van der Waals surface area (Å²) in [4.78, 5) is 34.3. The van der Waals surface area contributed by atoms with Gasteiger partial charge in [-0.25, -0.2) is 0 Å². The van der Waals surface area contributed by atoms with Crippen molar-refractivity contribution in [1.29, 1.82) is 0 Å². The van der Waals surface area contributed by atoms with E-state index >= 15 is 0 Å². The van der Waals surface area contributed by atoms with Gasteiger partial charge in [0.15, 0.2) is 0 Å². The molecule has 0 bridgehead atoms. The highest BCUT2D eigenvalue weighted by molar-refractivity contribution is 5.69. The van der Waals surface area contributed by atoms with Gasteiger partial charge in [-0.05, 0) is 5.56 Å². The van der Waals surface area contributed by atoms with Gasteiger partial charge < -0.3 is 14.2 Å². The molecule has 0 spiro atoms. The third-order valence-corrected chi connectivity index (χ3v) is 4.45. The number of ether oxygens (including phenoxy) is 3. The fourth-order valence-corrected chi connectivity index (χ4v) is 3.15. The number of carbonyl (C=O) groups is 2. The van der Waals surface area contributed by atoms with Gasteiger partial charge in [0.05, 0.1) is 19.4 Å². The number of methoxy groups -OCH3 is 1. The molecule has 1 saturated heterocycles. The van der Waals surface area contributed by atoms with Gasteiger partial charge in [0, 0.05) is 24.7 Å². The quantitative estimate of drug-likeness (QED) is 0.439. The average Bonchev–Trinajstić information content (AvgIpc) is 2.60. The fourth-order valence-electron chi connectivity index (χ4n) is 3.15. The monoisotopic (exact) mass is 351 g/mol. The molecular weight excluding hydrogens is 330 g/mol. The first kappa shape index (κ1) is 18.9. The lowest BCUT2D eigenvalue weighted by Crippen LogP contribution is -2.54. The summed E-state index contributed by atoms with van der Waals surface area (Å²) in [6.07, 6.45) is -0.832. The van der Waals surface area contributed by atoms with Crippen molar-refractivity contribution in [3.05, 3.63) is 46.0 Å². The van der Waals surface area contributed by atoms with E-state index < -0.39 is 34.6 Å². The molecule has 0 aromatic heterocycles. The molecule has 8 heteroatoms. The van der Waals surface area contributed by atoms with E-state index in [9.17, 15) is 19.7 Å². The molecular formula is C17H21NO7. The second-order valence-electron chi connectivity index (χ2n) is 5.99. The Morgan fingerprint density at radius 2 is 2.04 bits per heavy atom. The van der Waals surface area contributed by atoms with Crippen molar-refractivity contribution < 1.29 is 28.7 Å². The van der Waals surface area contributed by atoms with Crippen LogP contribution in [-0.2, 0) is 23.8 Å². The van der Waals surface area contributed by atoms with Crippen LogP contribution in [0.2, 0.25) is 0 Å². The van der Waals surface area contributed by atoms with Gasteiger partial charge in [-0.15, -0.1) is 0 Å². The van der Waals surface area contributed by atoms with Gasteiger partial charge in [-0.3, -0.25) is 19.7 Å². The van der Waals surface area contributed by atoms with E-state index in [0.29, 0.717) is 0 Å². The Bertz CT molecular complexity index is 633. The third kappa shape index (κ3) is 4.33. The number of rotatable bonds is 6. The number of benzene rings is 1. The first-order valence-corrected chi connectivity index (χ1v) is 7.94. The Hall–Kier alpha value is -2.48. The van der Waals surface area contributed by atoms with E-state index in [1.807, 2.05) is 6.07 Å². The molecule has 2 rings (SSSR count). The molecule has 136 valence electrons. The van der Waals surface area contributed by atoms with Crippen molar-refractivity contribution in [3.63, 3.8) is 0 Å². The standard InChI is InChI=1S/C17H21NO7/c1-12(19)25-16-10-14(13-6-4-3-5-7-13)17(11-24-16,18(21)22)9-8-15(20)23-2/h3-7,14,16H,8-11H2,1-2H3/t14-,16+,17?/m0/s1. The number of hydrogen-bond donors (Lipinski definition) is 0. The second kappa shape index (κ2) is 8.06. The van der Waals surface area contributed by atoms with Crippen molar-refractivity contribution >= 4 is 11.9 Å². The summed E-state index contributed by atoms with van der Waals surface area (Å²) in [5.41, 5.74) is -0.754. The SMILES string of the molecule is COC(=O)CCC1([N+](=O)[O-])CO[C@H](OC(C)=O)C[C@H]1c1ccccc1. The molecule has 1 aromatic rings. The Balaban J connectivity index is 2.35. The molecule has 1 aromatic carbocycles. The highest BCUT2D eigenvalue weighted by Crippen LogP contribution is 2.43. The van der Waals surface area contributed by atoms with Crippen LogP contribution in [0.4, 0.5) is 0 Å². The summed E-state index contributed by atoms with van der Waals surface area (Å²) in [5.74, 6) is -1.60. The number of carbonyl (C=O) groups excluding carboxylic acids is 2. The molecule has 0 saturated carbocycles. The molecule has 1 fully saturated rings. The van der Waals surface area contributed by atoms with Crippen molar-refractivity contribution in [1.82, 2.24) is 0 Å². The lowest BCUT2D eigenvalue weighted by molar-refractivity contribution is -0.588. The van der Waals surface area contributed by atoms with E-state index in [-0.39, 0.29) is 25.9 Å². The molecule has 1 heterocycles. The van der Waals surface area contributed by atoms with Gasteiger partial charge in [-0.2, -0.15) is 0 Å². The van der Waals surface area contributed by atoms with Gasteiger partial charge in [0.2, 0.25) is 6.29 Å². The van der Waals surface area contributed by atoms with E-state index in [0.717, 1.165) is 5.56 Å². The maximum atomic E-state index is 12.0. The number of hydrogen-bond acceptors (Lipinski definition) is 7. The maximum absolute atomic E-state index is 12.0. The van der Waals surface area contributed by atoms with Gasteiger partial charge in [0.1, 0.15) is 6.61 Å². The summed E-state index contributed by atoms with van der Waals surface area (Å²) < 4.78 is 15.1. The minimum atomic E-state index is -1.49. The molecule has 1 aliphatic heterocycles. The van der Waals surface area contributed by atoms with Crippen LogP contribution in [0.5, 0.6) is 0 Å². The molecule has 0 aliphatic carbocycles. The molecule has 3 atom stereocenters. The van der Waals surface area contributed by atoms with Crippen LogP contribution in [-0.4, -0.2) is 42.4 Å². The Labute approximate surface area is 145 Å². The van der Waals surface area contributed by atoms with Gasteiger partial charge in [0.25, 0.3) is 5.54 Å². The smallest absolute Gasteiger partial charge is 0.305 e. The normalized spacial score (nSPS) is 25.8. The van der Waals surface area contributed by atoms with Crippen LogP contribution >= 0.6 is 0 Å². The second-order valence-corrected chi connectivity index (χ2v) is 5.99. The fraction of sp³-hybridized carbons (Fsp3) is 0.529. The molecule has 25 heavy (non-hydrogen) atoms. The minimum absolute atomic E-state index is 0.0287. The Morgan fingerprint density at radius 1 is 1.36 bits per heavy atom. The third-order valence-electron chi connectivity index (χ3n) is 4.45. The largest absolute Gasteiger partial charge is 0.469 e. The molecule has 1 unspecified atom stereocenters. The average molecular weight is 351 g/mol. The van der Waals surface area contributed by atoms with Crippen LogP contribution in [0, 0.1) is 10.1 Å². The molecule has 0 amide bonds. The van der Waals surface area contributed by atoms with E-state index in [1.165, 1.54) is 14.0 Å². The predicted molar refractivity (Wildman–Crippen MR) is 86.3 cm³/mol. The first-order chi connectivity index (χ1) is 11.9. The van der Waals surface area contributed by atoms with Crippen LogP contribution < -0.4 is 0 Å². The zero-order valence-electron chi connectivity index (χ0n) is 14.2. The summed E-state index contributed by atoms with van der Waals surface area (Å²) >= 11 is 0. The van der Waals surface area contributed by atoms with Gasteiger partial charge >= 0.3 is 11.9 Å². The van der Waals surface area contributed by atoms with Crippen molar-refractivity contribution in [2.24, 2.45) is 0 Å². The summed E-state index contributed by atoms with van der Waals surface area (Å²) in [5, 5.41) is 12.0. The van der Waals surface area contributed by atoms with Crippen LogP contribution in [0.1, 0.15) is 37.7 Å². The van der Waals surface area contributed by atoms with E-state index in [1.54, 1.807) is 24.3 Å². The summed E-state index contributed by atoms with van der Waals surface area (Å²) in [7, 11) is 1.24. The van der Waals surface area contributed by atoms with Gasteiger partial charge in [-0.1, -0.05) is 30.3 Å². The maximum Gasteiger partial charge on any atom is 0.305 e. The Morgan fingerprint density at radius 3 is 2.60 bits per heavy atom.